The second-order valence-corrected chi connectivity index (χ2v) is 5.69. The summed E-state index contributed by atoms with van der Waals surface area (Å²) in [5.74, 6) is 0.979. The number of benzene rings is 1. The van der Waals surface area contributed by atoms with E-state index in [2.05, 4.69) is 17.1 Å². The predicted octanol–water partition coefficient (Wildman–Crippen LogP) is 3.45. The molecule has 1 aromatic carbocycles. The lowest BCUT2D eigenvalue weighted by Gasteiger charge is -2.28. The fourth-order valence-electron chi connectivity index (χ4n) is 2.38. The lowest BCUT2D eigenvalue weighted by Crippen LogP contribution is -2.39. The number of fused-ring (bicyclic) bond motifs is 1. The fraction of sp³-hybridized carbons (Fsp3) is 0.429. The van der Waals surface area contributed by atoms with Crippen LogP contribution in [-0.4, -0.2) is 34.3 Å². The highest BCUT2D eigenvalue weighted by Crippen LogP contribution is 2.26. The second-order valence-electron chi connectivity index (χ2n) is 5.26. The van der Waals surface area contributed by atoms with E-state index in [4.69, 9.17) is 16.3 Å². The quantitative estimate of drug-likeness (QED) is 0.876. The number of carbonyl (C=O) groups is 1. The van der Waals surface area contributed by atoms with Crippen LogP contribution in [0.25, 0.3) is 10.9 Å². The van der Waals surface area contributed by atoms with Crippen LogP contribution >= 0.6 is 11.6 Å². The zero-order chi connectivity index (χ0) is 14.1. The Balaban J connectivity index is 1.74. The van der Waals surface area contributed by atoms with Crippen LogP contribution < -0.4 is 4.74 Å². The highest BCUT2D eigenvalue weighted by Gasteiger charge is 2.23. The number of aromatic nitrogens is 2. The van der Waals surface area contributed by atoms with Crippen molar-refractivity contribution in [3.8, 4) is 5.88 Å². The molecule has 3 rings (SSSR count). The number of rotatable bonds is 1. The summed E-state index contributed by atoms with van der Waals surface area (Å²) in [6.45, 7) is 3.69. The number of hydrogen-bond acceptors (Lipinski definition) is 3. The third-order valence-electron chi connectivity index (χ3n) is 3.72. The van der Waals surface area contributed by atoms with Crippen molar-refractivity contribution < 1.29 is 9.53 Å². The van der Waals surface area contributed by atoms with Gasteiger partial charge in [0, 0.05) is 18.1 Å². The Bertz CT molecular complexity index is 632. The molecular formula is C14H16ClN3O2. The molecule has 1 N–H and O–H groups in total. The van der Waals surface area contributed by atoms with Crippen molar-refractivity contribution in [2.45, 2.75) is 19.8 Å². The zero-order valence-electron chi connectivity index (χ0n) is 11.2. The van der Waals surface area contributed by atoms with Crippen molar-refractivity contribution in [3.05, 3.63) is 23.2 Å². The van der Waals surface area contributed by atoms with E-state index in [1.165, 1.54) is 0 Å². The van der Waals surface area contributed by atoms with Crippen molar-refractivity contribution in [2.24, 2.45) is 5.92 Å². The molecule has 0 radical (unpaired) electrons. The molecule has 1 amide bonds. The maximum Gasteiger partial charge on any atom is 0.416 e. The largest absolute Gasteiger partial charge is 0.416 e. The Morgan fingerprint density at radius 2 is 2.20 bits per heavy atom. The number of aromatic amines is 1. The molecule has 0 spiro atoms. The van der Waals surface area contributed by atoms with E-state index >= 15 is 0 Å². The van der Waals surface area contributed by atoms with Gasteiger partial charge in [0.1, 0.15) is 0 Å². The Morgan fingerprint density at radius 1 is 1.45 bits per heavy atom. The number of piperidine rings is 1. The fourth-order valence-corrected chi connectivity index (χ4v) is 2.56. The first kappa shape index (κ1) is 13.2. The van der Waals surface area contributed by atoms with Gasteiger partial charge < -0.3 is 9.64 Å². The Morgan fingerprint density at radius 3 is 2.95 bits per heavy atom. The molecule has 20 heavy (non-hydrogen) atoms. The summed E-state index contributed by atoms with van der Waals surface area (Å²) in [7, 11) is 0. The molecular weight excluding hydrogens is 278 g/mol. The highest BCUT2D eigenvalue weighted by atomic mass is 35.5. The minimum atomic E-state index is -0.333. The van der Waals surface area contributed by atoms with Crippen molar-refractivity contribution in [2.75, 3.05) is 13.1 Å². The Hall–Kier alpha value is -1.75. The normalized spacial score (nSPS) is 16.6. The van der Waals surface area contributed by atoms with Gasteiger partial charge in [-0.15, -0.1) is 5.10 Å². The van der Waals surface area contributed by atoms with Crippen molar-refractivity contribution in [1.29, 1.82) is 0 Å². The molecule has 0 unspecified atom stereocenters. The lowest BCUT2D eigenvalue weighted by atomic mass is 10.00. The summed E-state index contributed by atoms with van der Waals surface area (Å²) in [4.78, 5) is 13.8. The van der Waals surface area contributed by atoms with Gasteiger partial charge in [0.2, 0.25) is 0 Å². The lowest BCUT2D eigenvalue weighted by molar-refractivity contribution is 0.132. The SMILES string of the molecule is CC1CCN(C(=O)Oc2n[nH]c3cc(Cl)ccc23)CC1. The van der Waals surface area contributed by atoms with Crippen LogP contribution in [0.4, 0.5) is 4.79 Å². The van der Waals surface area contributed by atoms with Gasteiger partial charge in [0.25, 0.3) is 5.88 Å². The van der Waals surface area contributed by atoms with Crippen LogP contribution in [0.15, 0.2) is 18.2 Å². The molecule has 1 aromatic heterocycles. The molecule has 2 heterocycles. The zero-order valence-corrected chi connectivity index (χ0v) is 12.0. The van der Waals surface area contributed by atoms with Gasteiger partial charge in [-0.25, -0.2) is 4.79 Å². The summed E-state index contributed by atoms with van der Waals surface area (Å²) in [6, 6.07) is 5.30. The maximum absolute atomic E-state index is 12.1. The van der Waals surface area contributed by atoms with Crippen LogP contribution in [0.1, 0.15) is 19.8 Å². The van der Waals surface area contributed by atoms with E-state index in [1.54, 1.807) is 23.1 Å². The summed E-state index contributed by atoms with van der Waals surface area (Å²) in [5, 5.41) is 8.22. The summed E-state index contributed by atoms with van der Waals surface area (Å²) in [6.07, 6.45) is 1.71. The number of nitrogens with one attached hydrogen (secondary N) is 1. The van der Waals surface area contributed by atoms with E-state index in [1.807, 2.05) is 0 Å². The summed E-state index contributed by atoms with van der Waals surface area (Å²) in [5.41, 5.74) is 0.757. The predicted molar refractivity (Wildman–Crippen MR) is 77.1 cm³/mol. The molecule has 106 valence electrons. The standard InChI is InChI=1S/C14H16ClN3O2/c1-9-4-6-18(7-5-9)14(19)20-13-11-3-2-10(15)8-12(11)16-17-13/h2-3,8-9H,4-7H2,1H3,(H,16,17). The third-order valence-corrected chi connectivity index (χ3v) is 3.95. The molecule has 5 nitrogen and oxygen atoms in total. The Labute approximate surface area is 121 Å². The molecule has 0 aliphatic carbocycles. The number of hydrogen-bond donors (Lipinski definition) is 1. The molecule has 1 aliphatic rings. The maximum atomic E-state index is 12.1. The first-order chi connectivity index (χ1) is 9.63. The molecule has 1 fully saturated rings. The van der Waals surface area contributed by atoms with Gasteiger partial charge in [0.05, 0.1) is 10.9 Å². The minimum absolute atomic E-state index is 0.306. The molecule has 1 saturated heterocycles. The van der Waals surface area contributed by atoms with Crippen LogP contribution in [0.3, 0.4) is 0 Å². The van der Waals surface area contributed by atoms with E-state index in [0.29, 0.717) is 16.8 Å². The third kappa shape index (κ3) is 2.58. The number of carbonyl (C=O) groups excluding carboxylic acids is 1. The molecule has 0 bridgehead atoms. The monoisotopic (exact) mass is 293 g/mol. The van der Waals surface area contributed by atoms with Gasteiger partial charge in [-0.05, 0) is 37.0 Å². The topological polar surface area (TPSA) is 58.2 Å². The first-order valence-corrected chi connectivity index (χ1v) is 7.11. The van der Waals surface area contributed by atoms with Gasteiger partial charge in [-0.2, -0.15) is 0 Å². The van der Waals surface area contributed by atoms with Gasteiger partial charge in [-0.1, -0.05) is 18.5 Å². The molecule has 2 aromatic rings. The summed E-state index contributed by atoms with van der Waals surface area (Å²) < 4.78 is 5.38. The Kier molecular flexibility index (Phi) is 3.53. The minimum Gasteiger partial charge on any atom is -0.389 e. The van der Waals surface area contributed by atoms with E-state index < -0.39 is 0 Å². The number of nitrogens with zero attached hydrogens (tertiary/aromatic N) is 2. The van der Waals surface area contributed by atoms with E-state index in [0.717, 1.165) is 36.8 Å². The van der Waals surface area contributed by atoms with Gasteiger partial charge in [-0.3, -0.25) is 5.10 Å². The summed E-state index contributed by atoms with van der Waals surface area (Å²) >= 11 is 5.91. The average Bonchev–Trinajstić information content (AvgIpc) is 2.81. The van der Waals surface area contributed by atoms with Crippen LogP contribution in [0.2, 0.25) is 5.02 Å². The number of likely N-dealkylation sites (tertiary alicyclic amines) is 1. The number of H-pyrrole nitrogens is 1. The number of halogens is 1. The van der Waals surface area contributed by atoms with Crippen LogP contribution in [0, 0.1) is 5.92 Å². The van der Waals surface area contributed by atoms with Crippen molar-refractivity contribution in [1.82, 2.24) is 15.1 Å². The molecule has 0 atom stereocenters. The van der Waals surface area contributed by atoms with Crippen molar-refractivity contribution >= 4 is 28.6 Å². The van der Waals surface area contributed by atoms with Gasteiger partial charge in [0.15, 0.2) is 0 Å². The van der Waals surface area contributed by atoms with Crippen LogP contribution in [0.5, 0.6) is 5.88 Å². The number of amides is 1. The van der Waals surface area contributed by atoms with E-state index in [-0.39, 0.29) is 6.09 Å². The smallest absolute Gasteiger partial charge is 0.389 e. The molecule has 6 heteroatoms. The molecule has 0 saturated carbocycles. The highest BCUT2D eigenvalue weighted by molar-refractivity contribution is 6.31. The first-order valence-electron chi connectivity index (χ1n) is 6.74. The molecule has 1 aliphatic heterocycles. The second kappa shape index (κ2) is 5.32. The van der Waals surface area contributed by atoms with Crippen LogP contribution in [-0.2, 0) is 0 Å². The van der Waals surface area contributed by atoms with Gasteiger partial charge >= 0.3 is 6.09 Å². The van der Waals surface area contributed by atoms with Crippen molar-refractivity contribution in [3.63, 3.8) is 0 Å². The number of ether oxygens (including phenoxy) is 1. The van der Waals surface area contributed by atoms with E-state index in [9.17, 15) is 4.79 Å². The average molecular weight is 294 g/mol.